The lowest BCUT2D eigenvalue weighted by molar-refractivity contribution is 0.661. The van der Waals surface area contributed by atoms with Crippen molar-refractivity contribution in [2.75, 3.05) is 0 Å². The van der Waals surface area contributed by atoms with Gasteiger partial charge in [0.15, 0.2) is 5.82 Å². The summed E-state index contributed by atoms with van der Waals surface area (Å²) in [5.74, 6) is 0.714. The molecular formula is C62H44N2. The number of benzene rings is 10. The molecule has 1 aromatic heterocycles. The minimum atomic E-state index is -0.269. The van der Waals surface area contributed by atoms with Gasteiger partial charge >= 0.3 is 0 Å². The Labute approximate surface area is 373 Å². The molecule has 0 radical (unpaired) electrons. The van der Waals surface area contributed by atoms with Crippen LogP contribution in [0.3, 0.4) is 0 Å². The van der Waals surface area contributed by atoms with E-state index in [4.69, 9.17) is 9.97 Å². The first kappa shape index (κ1) is 36.9. The van der Waals surface area contributed by atoms with Crippen molar-refractivity contribution in [2.45, 2.75) is 38.5 Å². The predicted octanol–water partition coefficient (Wildman–Crippen LogP) is 16.4. The highest BCUT2D eigenvalue weighted by molar-refractivity contribution is 6.22. The molecule has 0 fully saturated rings. The number of hydrogen-bond acceptors (Lipinski definition) is 2. The average molecular weight is 817 g/mol. The minimum Gasteiger partial charge on any atom is -0.228 e. The summed E-state index contributed by atoms with van der Waals surface area (Å²) in [5, 5.41) is 10.2. The zero-order valence-electron chi connectivity index (χ0n) is 36.4. The Morgan fingerprint density at radius 3 is 1.66 bits per heavy atom. The standard InChI is InChI=1S/C62H44N2/c1-61(2)51-31-17-30-42(56(51)50-33-38-20-8-9-21-39(38)34-52(50)61)40-22-16-23-41(32-40)54-36-55(64-60(63-54)37-18-6-5-7-19-37)49-35-53-57(46-27-13-11-26-45(46)49)58-47-28-14-10-24-43(47)44-25-12-15-29-48(44)59(58)62(53,3)4/h5-36H,1-4H3. The summed E-state index contributed by atoms with van der Waals surface area (Å²) in [6.07, 6.45) is 0. The molecular weight excluding hydrogens is 773 g/mol. The van der Waals surface area contributed by atoms with Crippen LogP contribution in [0.1, 0.15) is 49.9 Å². The first-order chi connectivity index (χ1) is 31.3. The molecule has 2 aliphatic rings. The van der Waals surface area contributed by atoms with Crippen LogP contribution < -0.4 is 0 Å². The van der Waals surface area contributed by atoms with Gasteiger partial charge in [0.1, 0.15) is 0 Å². The normalized spacial score (nSPS) is 14.2. The van der Waals surface area contributed by atoms with Gasteiger partial charge in [0.05, 0.1) is 11.4 Å². The summed E-state index contributed by atoms with van der Waals surface area (Å²) >= 11 is 0. The van der Waals surface area contributed by atoms with E-state index in [1.165, 1.54) is 98.7 Å². The van der Waals surface area contributed by atoms with Gasteiger partial charge in [-0.15, -0.1) is 0 Å². The second kappa shape index (κ2) is 13.4. The van der Waals surface area contributed by atoms with E-state index in [9.17, 15) is 0 Å². The summed E-state index contributed by atoms with van der Waals surface area (Å²) in [7, 11) is 0. The Kier molecular flexibility index (Phi) is 7.74. The van der Waals surface area contributed by atoms with Crippen molar-refractivity contribution in [3.63, 3.8) is 0 Å². The molecule has 0 atom stereocenters. The number of fused-ring (bicyclic) bond motifs is 14. The zero-order valence-corrected chi connectivity index (χ0v) is 36.4. The van der Waals surface area contributed by atoms with Crippen molar-refractivity contribution in [2.24, 2.45) is 0 Å². The molecule has 2 heteroatoms. The largest absolute Gasteiger partial charge is 0.228 e. The molecule has 0 saturated carbocycles. The van der Waals surface area contributed by atoms with E-state index in [0.29, 0.717) is 5.82 Å². The highest BCUT2D eigenvalue weighted by Crippen LogP contribution is 2.58. The molecule has 0 saturated heterocycles. The molecule has 0 N–H and O–H groups in total. The topological polar surface area (TPSA) is 25.8 Å². The Hall–Kier alpha value is -7.68. The molecule has 2 aliphatic carbocycles. The maximum Gasteiger partial charge on any atom is 0.160 e. The summed E-state index contributed by atoms with van der Waals surface area (Å²) in [4.78, 5) is 10.8. The van der Waals surface area contributed by atoms with Gasteiger partial charge in [-0.2, -0.15) is 0 Å². The Bertz CT molecular complexity index is 3780. The molecule has 13 rings (SSSR count). The first-order valence-corrected chi connectivity index (χ1v) is 22.5. The summed E-state index contributed by atoms with van der Waals surface area (Å²) < 4.78 is 0. The SMILES string of the molecule is CC1(C)c2cc3ccccc3cc2-c2c(-c3cccc(-c4cc(-c5cc6c(c7ccccc57)-c5c(c7ccccc7c7ccccc57)C6(C)C)nc(-c5ccccc5)n4)c3)cccc21. The zero-order chi connectivity index (χ0) is 42.9. The number of nitrogens with zero attached hydrogens (tertiary/aromatic N) is 2. The van der Waals surface area contributed by atoms with Crippen LogP contribution in [0, 0.1) is 0 Å². The highest BCUT2D eigenvalue weighted by atomic mass is 14.9. The van der Waals surface area contributed by atoms with Crippen LogP contribution in [0.5, 0.6) is 0 Å². The molecule has 10 aromatic carbocycles. The molecule has 1 heterocycles. The van der Waals surface area contributed by atoms with Crippen LogP contribution in [0.15, 0.2) is 194 Å². The predicted molar refractivity (Wildman–Crippen MR) is 269 cm³/mol. The fourth-order valence-corrected chi connectivity index (χ4v) is 11.5. The van der Waals surface area contributed by atoms with Crippen LogP contribution in [-0.4, -0.2) is 9.97 Å². The van der Waals surface area contributed by atoms with E-state index in [0.717, 1.165) is 28.1 Å². The van der Waals surface area contributed by atoms with Crippen LogP contribution in [0.2, 0.25) is 0 Å². The molecule has 64 heavy (non-hydrogen) atoms. The van der Waals surface area contributed by atoms with E-state index in [2.05, 4.69) is 222 Å². The smallest absolute Gasteiger partial charge is 0.160 e. The first-order valence-electron chi connectivity index (χ1n) is 22.5. The third-order valence-corrected chi connectivity index (χ3v) is 14.6. The monoisotopic (exact) mass is 816 g/mol. The molecule has 2 nitrogen and oxygen atoms in total. The molecule has 0 spiro atoms. The Morgan fingerprint density at radius 1 is 0.312 bits per heavy atom. The molecule has 0 aliphatic heterocycles. The van der Waals surface area contributed by atoms with Crippen LogP contribution in [0.25, 0.3) is 110 Å². The van der Waals surface area contributed by atoms with Crippen molar-refractivity contribution in [1.82, 2.24) is 9.97 Å². The molecule has 302 valence electrons. The van der Waals surface area contributed by atoms with Gasteiger partial charge in [0, 0.05) is 27.5 Å². The van der Waals surface area contributed by atoms with E-state index in [-0.39, 0.29) is 10.8 Å². The average Bonchev–Trinajstić information content (AvgIpc) is 3.72. The van der Waals surface area contributed by atoms with Crippen molar-refractivity contribution in [3.05, 3.63) is 216 Å². The maximum atomic E-state index is 5.45. The van der Waals surface area contributed by atoms with Gasteiger partial charge in [-0.3, -0.25) is 0 Å². The summed E-state index contributed by atoms with van der Waals surface area (Å²) in [5.41, 5.74) is 17.8. The number of aromatic nitrogens is 2. The van der Waals surface area contributed by atoms with Crippen molar-refractivity contribution < 1.29 is 0 Å². The van der Waals surface area contributed by atoms with Crippen molar-refractivity contribution in [1.29, 1.82) is 0 Å². The Morgan fingerprint density at radius 2 is 0.891 bits per heavy atom. The lowest BCUT2D eigenvalue weighted by Crippen LogP contribution is -2.16. The van der Waals surface area contributed by atoms with Gasteiger partial charge in [-0.25, -0.2) is 9.97 Å². The van der Waals surface area contributed by atoms with Crippen LogP contribution in [0.4, 0.5) is 0 Å². The van der Waals surface area contributed by atoms with Crippen molar-refractivity contribution >= 4 is 43.1 Å². The highest BCUT2D eigenvalue weighted by Gasteiger charge is 2.41. The van der Waals surface area contributed by atoms with E-state index in [1.54, 1.807) is 0 Å². The van der Waals surface area contributed by atoms with Crippen LogP contribution in [-0.2, 0) is 10.8 Å². The second-order valence-electron chi connectivity index (χ2n) is 18.9. The van der Waals surface area contributed by atoms with Crippen molar-refractivity contribution in [3.8, 4) is 67.3 Å². The molecule has 0 amide bonds. The van der Waals surface area contributed by atoms with Gasteiger partial charge in [0.25, 0.3) is 0 Å². The number of rotatable bonds is 4. The van der Waals surface area contributed by atoms with E-state index >= 15 is 0 Å². The third-order valence-electron chi connectivity index (χ3n) is 14.6. The lowest BCUT2D eigenvalue weighted by atomic mass is 9.78. The van der Waals surface area contributed by atoms with Crippen LogP contribution >= 0.6 is 0 Å². The third kappa shape index (κ3) is 5.20. The van der Waals surface area contributed by atoms with E-state index < -0.39 is 0 Å². The fraction of sp³-hybridized carbons (Fsp3) is 0.0968. The quantitative estimate of drug-likeness (QED) is 0.165. The lowest BCUT2D eigenvalue weighted by Gasteiger charge is -2.24. The van der Waals surface area contributed by atoms with Gasteiger partial charge < -0.3 is 0 Å². The molecule has 11 aromatic rings. The minimum absolute atomic E-state index is 0.122. The van der Waals surface area contributed by atoms with Gasteiger partial charge in [-0.05, 0) is 129 Å². The summed E-state index contributed by atoms with van der Waals surface area (Å²) in [6, 6.07) is 71.4. The molecule has 0 unspecified atom stereocenters. The van der Waals surface area contributed by atoms with Gasteiger partial charge in [0.2, 0.25) is 0 Å². The maximum absolute atomic E-state index is 5.45. The summed E-state index contributed by atoms with van der Waals surface area (Å²) in [6.45, 7) is 9.55. The van der Waals surface area contributed by atoms with E-state index in [1.807, 2.05) is 0 Å². The number of hydrogen-bond donors (Lipinski definition) is 0. The molecule has 0 bridgehead atoms. The fourth-order valence-electron chi connectivity index (χ4n) is 11.5. The second-order valence-corrected chi connectivity index (χ2v) is 18.9. The van der Waals surface area contributed by atoms with Gasteiger partial charge in [-0.1, -0.05) is 191 Å². The Balaban J connectivity index is 1.03.